The monoisotopic (exact) mass is 263 g/mol. The van der Waals surface area contributed by atoms with E-state index < -0.39 is 0 Å². The van der Waals surface area contributed by atoms with Crippen LogP contribution in [0.15, 0.2) is 41.0 Å². The first kappa shape index (κ1) is 11.2. The SMILES string of the molecule is c1ccc(-c2nc(C3SCCCS3)co2)cc1. The minimum Gasteiger partial charge on any atom is -0.444 e. The molecule has 3 rings (SSSR count). The molecule has 0 radical (unpaired) electrons. The Balaban J connectivity index is 1.83. The van der Waals surface area contributed by atoms with Crippen LogP contribution in [0, 0.1) is 0 Å². The van der Waals surface area contributed by atoms with Gasteiger partial charge in [-0.25, -0.2) is 4.98 Å². The van der Waals surface area contributed by atoms with Gasteiger partial charge in [-0.15, -0.1) is 23.5 Å². The maximum Gasteiger partial charge on any atom is 0.226 e. The molecule has 1 aliphatic rings. The Morgan fingerprint density at radius 3 is 2.65 bits per heavy atom. The van der Waals surface area contributed by atoms with Crippen molar-refractivity contribution < 1.29 is 4.42 Å². The Bertz CT molecular complexity index is 477. The van der Waals surface area contributed by atoms with E-state index in [1.165, 1.54) is 17.9 Å². The zero-order valence-corrected chi connectivity index (χ0v) is 11.0. The lowest BCUT2D eigenvalue weighted by atomic mass is 10.2. The van der Waals surface area contributed by atoms with E-state index in [1.54, 1.807) is 6.26 Å². The van der Waals surface area contributed by atoms with Crippen LogP contribution in [0.2, 0.25) is 0 Å². The average molecular weight is 263 g/mol. The lowest BCUT2D eigenvalue weighted by molar-refractivity contribution is 0.573. The number of hydrogen-bond donors (Lipinski definition) is 0. The van der Waals surface area contributed by atoms with E-state index in [-0.39, 0.29) is 0 Å². The highest BCUT2D eigenvalue weighted by Gasteiger charge is 2.20. The Morgan fingerprint density at radius 2 is 1.88 bits per heavy atom. The number of oxazole rings is 1. The van der Waals surface area contributed by atoms with Crippen LogP contribution >= 0.6 is 23.5 Å². The zero-order valence-electron chi connectivity index (χ0n) is 9.33. The molecule has 4 heteroatoms. The summed E-state index contributed by atoms with van der Waals surface area (Å²) < 4.78 is 6.02. The summed E-state index contributed by atoms with van der Waals surface area (Å²) >= 11 is 3.93. The largest absolute Gasteiger partial charge is 0.444 e. The summed E-state index contributed by atoms with van der Waals surface area (Å²) in [6, 6.07) is 10.1. The van der Waals surface area contributed by atoms with E-state index >= 15 is 0 Å². The van der Waals surface area contributed by atoms with E-state index in [4.69, 9.17) is 4.42 Å². The Morgan fingerprint density at radius 1 is 1.12 bits per heavy atom. The third-order valence-corrected chi connectivity index (χ3v) is 5.57. The molecule has 0 saturated carbocycles. The molecular formula is C13H13NOS2. The van der Waals surface area contributed by atoms with Crippen molar-refractivity contribution in [2.75, 3.05) is 11.5 Å². The van der Waals surface area contributed by atoms with Crippen molar-refractivity contribution in [2.45, 2.75) is 11.0 Å². The third kappa shape index (κ3) is 2.53. The standard InChI is InChI=1S/C13H13NOS2/c1-2-5-10(6-3-1)12-14-11(9-15-12)13-16-7-4-8-17-13/h1-3,5-6,9,13H,4,7-8H2. The molecule has 0 unspecified atom stereocenters. The molecule has 0 spiro atoms. The molecule has 0 atom stereocenters. The van der Waals surface area contributed by atoms with Gasteiger partial charge < -0.3 is 4.42 Å². The highest BCUT2D eigenvalue weighted by atomic mass is 32.2. The molecule has 1 aromatic carbocycles. The summed E-state index contributed by atoms with van der Waals surface area (Å²) in [6.45, 7) is 0. The molecule has 0 N–H and O–H groups in total. The van der Waals surface area contributed by atoms with Crippen molar-refractivity contribution in [3.63, 3.8) is 0 Å². The van der Waals surface area contributed by atoms with Crippen molar-refractivity contribution in [2.24, 2.45) is 0 Å². The van der Waals surface area contributed by atoms with E-state index in [9.17, 15) is 0 Å². The molecule has 88 valence electrons. The molecular weight excluding hydrogens is 250 g/mol. The molecule has 1 aromatic heterocycles. The topological polar surface area (TPSA) is 26.0 Å². The van der Waals surface area contributed by atoms with Crippen LogP contribution in [0.1, 0.15) is 16.7 Å². The smallest absolute Gasteiger partial charge is 0.226 e. The van der Waals surface area contributed by atoms with E-state index in [2.05, 4.69) is 4.98 Å². The molecule has 1 aliphatic heterocycles. The van der Waals surface area contributed by atoms with Crippen LogP contribution < -0.4 is 0 Å². The van der Waals surface area contributed by atoms with Gasteiger partial charge in [-0.3, -0.25) is 0 Å². The third-order valence-electron chi connectivity index (χ3n) is 2.61. The second-order valence-electron chi connectivity index (χ2n) is 3.87. The van der Waals surface area contributed by atoms with Crippen LogP contribution in [-0.2, 0) is 0 Å². The van der Waals surface area contributed by atoms with Crippen molar-refractivity contribution in [1.82, 2.24) is 4.98 Å². The van der Waals surface area contributed by atoms with Gasteiger partial charge in [0.25, 0.3) is 0 Å². The minimum absolute atomic E-state index is 0.449. The molecule has 0 amide bonds. The van der Waals surface area contributed by atoms with Gasteiger partial charge in [0.15, 0.2) is 0 Å². The molecule has 1 fully saturated rings. The fraction of sp³-hybridized carbons (Fsp3) is 0.308. The molecule has 1 saturated heterocycles. The quantitative estimate of drug-likeness (QED) is 0.810. The Labute approximate surface area is 109 Å². The fourth-order valence-electron chi connectivity index (χ4n) is 1.77. The summed E-state index contributed by atoms with van der Waals surface area (Å²) in [7, 11) is 0. The van der Waals surface area contributed by atoms with Crippen molar-refractivity contribution in [1.29, 1.82) is 0 Å². The number of rotatable bonds is 2. The van der Waals surface area contributed by atoms with Crippen LogP contribution in [0.5, 0.6) is 0 Å². The predicted molar refractivity (Wildman–Crippen MR) is 74.2 cm³/mol. The van der Waals surface area contributed by atoms with Gasteiger partial charge in [0, 0.05) is 5.56 Å². The second kappa shape index (κ2) is 5.19. The van der Waals surface area contributed by atoms with Gasteiger partial charge in [-0.05, 0) is 30.1 Å². The van der Waals surface area contributed by atoms with Gasteiger partial charge in [-0.1, -0.05) is 18.2 Å². The lowest BCUT2D eigenvalue weighted by Gasteiger charge is -2.18. The van der Waals surface area contributed by atoms with Gasteiger partial charge in [-0.2, -0.15) is 0 Å². The van der Waals surface area contributed by atoms with Crippen LogP contribution in [0.3, 0.4) is 0 Å². The minimum atomic E-state index is 0.449. The molecule has 2 aromatic rings. The number of benzene rings is 1. The maximum atomic E-state index is 5.57. The Hall–Kier alpha value is -0.870. The van der Waals surface area contributed by atoms with Crippen LogP contribution in [-0.4, -0.2) is 16.5 Å². The maximum absolute atomic E-state index is 5.57. The summed E-state index contributed by atoms with van der Waals surface area (Å²) in [4.78, 5) is 4.60. The van der Waals surface area contributed by atoms with E-state index in [1.807, 2.05) is 53.9 Å². The number of hydrogen-bond acceptors (Lipinski definition) is 4. The molecule has 0 aliphatic carbocycles. The number of aromatic nitrogens is 1. The van der Waals surface area contributed by atoms with E-state index in [0.717, 1.165) is 17.1 Å². The second-order valence-corrected chi connectivity index (χ2v) is 6.59. The zero-order chi connectivity index (χ0) is 11.5. The summed E-state index contributed by atoms with van der Waals surface area (Å²) in [6.07, 6.45) is 3.10. The van der Waals surface area contributed by atoms with Crippen LogP contribution in [0.25, 0.3) is 11.5 Å². The molecule has 17 heavy (non-hydrogen) atoms. The Kier molecular flexibility index (Phi) is 3.43. The van der Waals surface area contributed by atoms with Gasteiger partial charge in [0.05, 0.1) is 4.58 Å². The summed E-state index contributed by atoms with van der Waals surface area (Å²) in [5.41, 5.74) is 2.11. The molecule has 2 nitrogen and oxygen atoms in total. The molecule has 0 bridgehead atoms. The van der Waals surface area contributed by atoms with Gasteiger partial charge in [0.2, 0.25) is 5.89 Å². The first-order valence-corrected chi connectivity index (χ1v) is 7.77. The van der Waals surface area contributed by atoms with E-state index in [0.29, 0.717) is 4.58 Å². The lowest BCUT2D eigenvalue weighted by Crippen LogP contribution is -2.00. The first-order chi connectivity index (χ1) is 8.43. The fourth-order valence-corrected chi connectivity index (χ4v) is 4.52. The van der Waals surface area contributed by atoms with Crippen LogP contribution in [0.4, 0.5) is 0 Å². The van der Waals surface area contributed by atoms with Crippen molar-refractivity contribution >= 4 is 23.5 Å². The van der Waals surface area contributed by atoms with Crippen molar-refractivity contribution in [3.05, 3.63) is 42.3 Å². The van der Waals surface area contributed by atoms with Crippen molar-refractivity contribution in [3.8, 4) is 11.5 Å². The summed E-state index contributed by atoms with van der Waals surface area (Å²) in [5, 5.41) is 0. The van der Waals surface area contributed by atoms with Gasteiger partial charge >= 0.3 is 0 Å². The first-order valence-electron chi connectivity index (χ1n) is 5.67. The number of nitrogens with zero attached hydrogens (tertiary/aromatic N) is 1. The summed E-state index contributed by atoms with van der Waals surface area (Å²) in [5.74, 6) is 3.18. The van der Waals surface area contributed by atoms with Gasteiger partial charge in [0.1, 0.15) is 12.0 Å². The number of thioether (sulfide) groups is 2. The predicted octanol–water partition coefficient (Wildman–Crippen LogP) is 4.21. The molecule has 2 heterocycles. The highest BCUT2D eigenvalue weighted by molar-refractivity contribution is 8.16. The normalized spacial score (nSPS) is 17.2. The highest BCUT2D eigenvalue weighted by Crippen LogP contribution is 2.43. The average Bonchev–Trinajstić information content (AvgIpc) is 2.90.